The Labute approximate surface area is 125 Å². The standard InChI is InChI=1S/C16H11ClF2N2/c17-12-5-4-11(16(9-12)21-7-6-20-10-21)8-13-14(18)2-1-3-15(13)19/h1-7,9-10H,8H2. The fourth-order valence-corrected chi connectivity index (χ4v) is 2.39. The molecule has 0 aliphatic heterocycles. The lowest BCUT2D eigenvalue weighted by Crippen LogP contribution is -2.02. The molecule has 0 aliphatic rings. The minimum atomic E-state index is -0.554. The maximum atomic E-state index is 13.8. The van der Waals surface area contributed by atoms with E-state index in [1.165, 1.54) is 18.2 Å². The predicted octanol–water partition coefficient (Wildman–Crippen LogP) is 4.39. The molecule has 0 spiro atoms. The van der Waals surface area contributed by atoms with Crippen LogP contribution in [0.3, 0.4) is 0 Å². The average molecular weight is 305 g/mol. The zero-order valence-electron chi connectivity index (χ0n) is 10.9. The predicted molar refractivity (Wildman–Crippen MR) is 77.7 cm³/mol. The van der Waals surface area contributed by atoms with Gasteiger partial charge in [0.15, 0.2) is 0 Å². The summed E-state index contributed by atoms with van der Waals surface area (Å²) in [5.41, 5.74) is 1.56. The summed E-state index contributed by atoms with van der Waals surface area (Å²) in [5, 5.41) is 0.552. The molecule has 5 heteroatoms. The Bertz CT molecular complexity index is 750. The van der Waals surface area contributed by atoms with Crippen molar-refractivity contribution < 1.29 is 8.78 Å². The summed E-state index contributed by atoms with van der Waals surface area (Å²) in [7, 11) is 0. The maximum absolute atomic E-state index is 13.8. The second-order valence-corrected chi connectivity index (χ2v) is 5.06. The summed E-state index contributed by atoms with van der Waals surface area (Å²) in [6, 6.07) is 9.08. The largest absolute Gasteiger partial charge is 0.306 e. The number of hydrogen-bond donors (Lipinski definition) is 0. The van der Waals surface area contributed by atoms with E-state index in [1.807, 2.05) is 0 Å². The van der Waals surface area contributed by atoms with E-state index in [0.717, 1.165) is 11.3 Å². The highest BCUT2D eigenvalue weighted by atomic mass is 35.5. The van der Waals surface area contributed by atoms with Crippen molar-refractivity contribution in [3.8, 4) is 5.69 Å². The molecule has 3 rings (SSSR count). The number of nitrogens with zero attached hydrogens (tertiary/aromatic N) is 2. The topological polar surface area (TPSA) is 17.8 Å². The molecule has 0 fully saturated rings. The molecular formula is C16H11ClF2N2. The molecule has 0 N–H and O–H groups in total. The van der Waals surface area contributed by atoms with Crippen molar-refractivity contribution >= 4 is 11.6 Å². The normalized spacial score (nSPS) is 10.8. The summed E-state index contributed by atoms with van der Waals surface area (Å²) in [4.78, 5) is 3.98. The zero-order chi connectivity index (χ0) is 14.8. The van der Waals surface area contributed by atoms with Crippen molar-refractivity contribution in [2.24, 2.45) is 0 Å². The van der Waals surface area contributed by atoms with Gasteiger partial charge in [-0.3, -0.25) is 0 Å². The summed E-state index contributed by atoms with van der Waals surface area (Å²) in [5.74, 6) is -1.11. The quantitative estimate of drug-likeness (QED) is 0.701. The second kappa shape index (κ2) is 5.66. The molecule has 0 atom stereocenters. The van der Waals surface area contributed by atoms with Gasteiger partial charge >= 0.3 is 0 Å². The molecule has 0 unspecified atom stereocenters. The van der Waals surface area contributed by atoms with E-state index in [1.54, 1.807) is 41.5 Å². The smallest absolute Gasteiger partial charge is 0.129 e. The second-order valence-electron chi connectivity index (χ2n) is 4.62. The lowest BCUT2D eigenvalue weighted by atomic mass is 10.0. The van der Waals surface area contributed by atoms with Crippen LogP contribution >= 0.6 is 11.6 Å². The van der Waals surface area contributed by atoms with E-state index < -0.39 is 11.6 Å². The third kappa shape index (κ3) is 2.81. The Morgan fingerprint density at radius 2 is 1.86 bits per heavy atom. The van der Waals surface area contributed by atoms with Crippen molar-refractivity contribution in [1.29, 1.82) is 0 Å². The van der Waals surface area contributed by atoms with E-state index in [-0.39, 0.29) is 12.0 Å². The van der Waals surface area contributed by atoms with Crippen molar-refractivity contribution in [2.75, 3.05) is 0 Å². The van der Waals surface area contributed by atoms with Crippen LogP contribution in [0.2, 0.25) is 5.02 Å². The summed E-state index contributed by atoms with van der Waals surface area (Å²) in [6.07, 6.45) is 5.15. The number of imidazole rings is 1. The Kier molecular flexibility index (Phi) is 3.71. The lowest BCUT2D eigenvalue weighted by molar-refractivity contribution is 0.561. The highest BCUT2D eigenvalue weighted by Crippen LogP contribution is 2.24. The molecule has 0 saturated heterocycles. The molecule has 0 amide bonds. The van der Waals surface area contributed by atoms with Crippen LogP contribution in [0.25, 0.3) is 5.69 Å². The number of aromatic nitrogens is 2. The van der Waals surface area contributed by atoms with E-state index >= 15 is 0 Å². The number of rotatable bonds is 3. The van der Waals surface area contributed by atoms with Gasteiger partial charge in [0.25, 0.3) is 0 Å². The maximum Gasteiger partial charge on any atom is 0.129 e. The highest BCUT2D eigenvalue weighted by Gasteiger charge is 2.13. The van der Waals surface area contributed by atoms with Gasteiger partial charge in [-0.15, -0.1) is 0 Å². The summed E-state index contributed by atoms with van der Waals surface area (Å²) < 4.78 is 29.4. The Balaban J connectivity index is 2.07. The molecule has 0 bridgehead atoms. The molecule has 0 radical (unpaired) electrons. The fraction of sp³-hybridized carbons (Fsp3) is 0.0625. The third-order valence-electron chi connectivity index (χ3n) is 3.26. The van der Waals surface area contributed by atoms with Gasteiger partial charge in [0.05, 0.1) is 12.0 Å². The molecule has 1 aromatic heterocycles. The molecule has 0 saturated carbocycles. The molecule has 3 aromatic rings. The minimum absolute atomic E-state index is 0.0428. The Morgan fingerprint density at radius 3 is 2.52 bits per heavy atom. The van der Waals surface area contributed by atoms with Crippen LogP contribution in [0.5, 0.6) is 0 Å². The first-order chi connectivity index (χ1) is 10.1. The van der Waals surface area contributed by atoms with Gasteiger partial charge in [0.2, 0.25) is 0 Å². The third-order valence-corrected chi connectivity index (χ3v) is 3.49. The van der Waals surface area contributed by atoms with E-state index in [0.29, 0.717) is 5.02 Å². The van der Waals surface area contributed by atoms with Gasteiger partial charge in [-0.25, -0.2) is 13.8 Å². The number of halogens is 3. The van der Waals surface area contributed by atoms with Crippen molar-refractivity contribution in [3.05, 3.63) is 82.9 Å². The van der Waals surface area contributed by atoms with E-state index in [4.69, 9.17) is 11.6 Å². The number of benzene rings is 2. The lowest BCUT2D eigenvalue weighted by Gasteiger charge is -2.12. The number of hydrogen-bond acceptors (Lipinski definition) is 1. The van der Waals surface area contributed by atoms with E-state index in [2.05, 4.69) is 4.98 Å². The molecule has 2 aromatic carbocycles. The van der Waals surface area contributed by atoms with E-state index in [9.17, 15) is 8.78 Å². The van der Waals surface area contributed by atoms with Crippen LogP contribution in [-0.4, -0.2) is 9.55 Å². The monoisotopic (exact) mass is 304 g/mol. The van der Waals surface area contributed by atoms with Crippen LogP contribution in [0.4, 0.5) is 8.78 Å². The SMILES string of the molecule is Fc1cccc(F)c1Cc1ccc(Cl)cc1-n1ccnc1. The molecule has 1 heterocycles. The van der Waals surface area contributed by atoms with Gasteiger partial charge in [0.1, 0.15) is 11.6 Å². The van der Waals surface area contributed by atoms with Gasteiger partial charge in [-0.05, 0) is 29.8 Å². The Hall–Kier alpha value is -2.20. The van der Waals surface area contributed by atoms with Crippen molar-refractivity contribution in [2.45, 2.75) is 6.42 Å². The van der Waals surface area contributed by atoms with Crippen molar-refractivity contribution in [3.63, 3.8) is 0 Å². The molecule has 21 heavy (non-hydrogen) atoms. The minimum Gasteiger partial charge on any atom is -0.306 e. The van der Waals surface area contributed by atoms with Crippen LogP contribution in [0, 0.1) is 11.6 Å². The zero-order valence-corrected chi connectivity index (χ0v) is 11.7. The van der Waals surface area contributed by atoms with Crippen LogP contribution in [0.1, 0.15) is 11.1 Å². The van der Waals surface area contributed by atoms with Gasteiger partial charge in [-0.1, -0.05) is 23.7 Å². The first-order valence-corrected chi connectivity index (χ1v) is 6.72. The van der Waals surface area contributed by atoms with Gasteiger partial charge in [0, 0.05) is 29.4 Å². The average Bonchev–Trinajstić information content (AvgIpc) is 2.98. The van der Waals surface area contributed by atoms with Gasteiger partial charge < -0.3 is 4.57 Å². The molecule has 106 valence electrons. The summed E-state index contributed by atoms with van der Waals surface area (Å²) in [6.45, 7) is 0. The first kappa shape index (κ1) is 13.8. The fourth-order valence-electron chi connectivity index (χ4n) is 2.22. The molecule has 0 aliphatic carbocycles. The highest BCUT2D eigenvalue weighted by molar-refractivity contribution is 6.30. The van der Waals surface area contributed by atoms with Gasteiger partial charge in [-0.2, -0.15) is 0 Å². The Morgan fingerprint density at radius 1 is 1.10 bits per heavy atom. The summed E-state index contributed by atoms with van der Waals surface area (Å²) >= 11 is 6.02. The van der Waals surface area contributed by atoms with Crippen LogP contribution < -0.4 is 0 Å². The first-order valence-electron chi connectivity index (χ1n) is 6.35. The van der Waals surface area contributed by atoms with Crippen molar-refractivity contribution in [1.82, 2.24) is 9.55 Å². The van der Waals surface area contributed by atoms with Crippen LogP contribution in [0.15, 0.2) is 55.1 Å². The molecule has 2 nitrogen and oxygen atoms in total. The van der Waals surface area contributed by atoms with Crippen LogP contribution in [-0.2, 0) is 6.42 Å². The molecular weight excluding hydrogens is 294 g/mol.